The molecule has 0 aliphatic carbocycles. The predicted molar refractivity (Wildman–Crippen MR) is 92.1 cm³/mol. The van der Waals surface area contributed by atoms with Gasteiger partial charge >= 0.3 is 6.09 Å². The van der Waals surface area contributed by atoms with Crippen LogP contribution in [0, 0.1) is 0 Å². The summed E-state index contributed by atoms with van der Waals surface area (Å²) in [5.74, 6) is -0.00524. The molecule has 2 aliphatic heterocycles. The van der Waals surface area contributed by atoms with Crippen molar-refractivity contribution in [3.63, 3.8) is 0 Å². The first-order valence-electron chi connectivity index (χ1n) is 7.92. The molecule has 24 heavy (non-hydrogen) atoms. The van der Waals surface area contributed by atoms with Gasteiger partial charge in [0.25, 0.3) is 5.91 Å². The van der Waals surface area contributed by atoms with E-state index >= 15 is 0 Å². The average Bonchev–Trinajstić information content (AvgIpc) is 3.29. The summed E-state index contributed by atoms with van der Waals surface area (Å²) in [6, 6.07) is 9.76. The number of thiophene rings is 1. The van der Waals surface area contributed by atoms with Crippen LogP contribution in [0.25, 0.3) is 11.1 Å². The lowest BCUT2D eigenvalue weighted by atomic mass is 10.0. The van der Waals surface area contributed by atoms with Crippen molar-refractivity contribution in [1.82, 2.24) is 9.80 Å². The topological polar surface area (TPSA) is 49.9 Å². The summed E-state index contributed by atoms with van der Waals surface area (Å²) < 4.78 is 5.50. The molecule has 0 radical (unpaired) electrons. The van der Waals surface area contributed by atoms with Crippen LogP contribution in [0.15, 0.2) is 41.1 Å². The Labute approximate surface area is 144 Å². The second-order valence-corrected chi connectivity index (χ2v) is 7.25. The Bertz CT molecular complexity index is 772. The monoisotopic (exact) mass is 342 g/mol. The third kappa shape index (κ3) is 2.57. The van der Waals surface area contributed by atoms with Crippen LogP contribution >= 0.6 is 11.3 Å². The number of ether oxygens (including phenoxy) is 1. The molecule has 2 amide bonds. The van der Waals surface area contributed by atoms with E-state index in [-0.39, 0.29) is 12.0 Å². The van der Waals surface area contributed by atoms with E-state index in [1.165, 1.54) is 5.56 Å². The number of likely N-dealkylation sites (N-methyl/N-ethyl adjacent to an activating group) is 1. The maximum Gasteiger partial charge on any atom is 0.410 e. The summed E-state index contributed by atoms with van der Waals surface area (Å²) in [4.78, 5) is 27.7. The molecule has 3 heterocycles. The van der Waals surface area contributed by atoms with Gasteiger partial charge in [-0.15, -0.1) is 0 Å². The van der Waals surface area contributed by atoms with Crippen molar-refractivity contribution in [1.29, 1.82) is 0 Å². The van der Waals surface area contributed by atoms with Gasteiger partial charge in [0.2, 0.25) is 0 Å². The number of benzene rings is 1. The van der Waals surface area contributed by atoms with Gasteiger partial charge in [0.15, 0.2) is 5.60 Å². The van der Waals surface area contributed by atoms with Crippen LogP contribution in [-0.2, 0) is 4.74 Å². The van der Waals surface area contributed by atoms with Crippen molar-refractivity contribution in [2.45, 2.75) is 12.0 Å². The molecule has 5 nitrogen and oxygen atoms in total. The van der Waals surface area contributed by atoms with Crippen LogP contribution in [0.1, 0.15) is 16.8 Å². The fraction of sp³-hybridized carbons (Fsp3) is 0.333. The average molecular weight is 342 g/mol. The molecule has 0 bridgehead atoms. The Kier molecular flexibility index (Phi) is 3.57. The highest BCUT2D eigenvalue weighted by Gasteiger charge is 2.49. The Balaban J connectivity index is 1.48. The van der Waals surface area contributed by atoms with Gasteiger partial charge in [-0.2, -0.15) is 11.3 Å². The van der Waals surface area contributed by atoms with Gasteiger partial charge in [-0.3, -0.25) is 4.79 Å². The Morgan fingerprint density at radius 2 is 1.96 bits per heavy atom. The molecule has 1 aromatic heterocycles. The lowest BCUT2D eigenvalue weighted by Crippen LogP contribution is -2.39. The molecule has 1 spiro atoms. The van der Waals surface area contributed by atoms with Crippen molar-refractivity contribution in [3.05, 3.63) is 46.7 Å². The highest BCUT2D eigenvalue weighted by atomic mass is 32.1. The van der Waals surface area contributed by atoms with Crippen molar-refractivity contribution < 1.29 is 14.3 Å². The maximum absolute atomic E-state index is 12.7. The highest BCUT2D eigenvalue weighted by molar-refractivity contribution is 7.08. The molecule has 2 aliphatic rings. The van der Waals surface area contributed by atoms with Crippen LogP contribution in [0.3, 0.4) is 0 Å². The number of likely N-dealkylation sites (tertiary alicyclic amines) is 1. The number of hydrogen-bond acceptors (Lipinski definition) is 4. The molecule has 6 heteroatoms. The van der Waals surface area contributed by atoms with Gasteiger partial charge in [-0.05, 0) is 40.1 Å². The van der Waals surface area contributed by atoms with Crippen molar-refractivity contribution in [2.24, 2.45) is 0 Å². The quantitative estimate of drug-likeness (QED) is 0.843. The molecular weight excluding hydrogens is 324 g/mol. The zero-order valence-corrected chi connectivity index (χ0v) is 14.2. The van der Waals surface area contributed by atoms with Gasteiger partial charge in [-0.1, -0.05) is 12.1 Å². The molecule has 1 atom stereocenters. The van der Waals surface area contributed by atoms with E-state index in [1.807, 2.05) is 29.6 Å². The molecule has 0 N–H and O–H groups in total. The third-order valence-electron chi connectivity index (χ3n) is 4.73. The molecule has 0 saturated carbocycles. The molecule has 0 unspecified atom stereocenters. The fourth-order valence-electron chi connectivity index (χ4n) is 3.44. The molecule has 1 aromatic carbocycles. The number of hydrogen-bond donors (Lipinski definition) is 0. The van der Waals surface area contributed by atoms with Crippen LogP contribution in [0.2, 0.25) is 0 Å². The molecule has 2 aromatic rings. The SMILES string of the molecule is CN1C[C@]2(CCN(C(=O)c3ccc(-c4ccsc4)cc3)C2)OC1=O. The predicted octanol–water partition coefficient (Wildman–Crippen LogP) is 3.08. The molecule has 2 fully saturated rings. The van der Waals surface area contributed by atoms with E-state index < -0.39 is 5.60 Å². The summed E-state index contributed by atoms with van der Waals surface area (Å²) in [5, 5.41) is 4.13. The summed E-state index contributed by atoms with van der Waals surface area (Å²) in [5.41, 5.74) is 2.42. The van der Waals surface area contributed by atoms with Crippen LogP contribution in [0.4, 0.5) is 4.79 Å². The number of rotatable bonds is 2. The van der Waals surface area contributed by atoms with E-state index in [0.717, 1.165) is 5.56 Å². The van der Waals surface area contributed by atoms with E-state index in [2.05, 4.69) is 11.4 Å². The summed E-state index contributed by atoms with van der Waals surface area (Å²) in [6.45, 7) is 1.63. The lowest BCUT2D eigenvalue weighted by molar-refractivity contribution is 0.0553. The minimum Gasteiger partial charge on any atom is -0.439 e. The molecule has 4 rings (SSSR count). The summed E-state index contributed by atoms with van der Waals surface area (Å²) >= 11 is 1.66. The lowest BCUT2D eigenvalue weighted by Gasteiger charge is -2.21. The zero-order chi connectivity index (χ0) is 16.7. The molecule has 2 saturated heterocycles. The van der Waals surface area contributed by atoms with Gasteiger partial charge < -0.3 is 14.5 Å². The van der Waals surface area contributed by atoms with Gasteiger partial charge in [0.1, 0.15) is 0 Å². The van der Waals surface area contributed by atoms with Crippen molar-refractivity contribution >= 4 is 23.3 Å². The standard InChI is InChI=1S/C18H18N2O3S/c1-19-11-18(23-17(19)22)7-8-20(12-18)16(21)14-4-2-13(3-5-14)15-6-9-24-10-15/h2-6,9-10H,7-8,11-12H2,1H3/t18-/m0/s1. The van der Waals surface area contributed by atoms with E-state index in [4.69, 9.17) is 4.74 Å². The van der Waals surface area contributed by atoms with Crippen molar-refractivity contribution in [3.8, 4) is 11.1 Å². The number of carbonyl (C=O) groups is 2. The van der Waals surface area contributed by atoms with Crippen LogP contribution < -0.4 is 0 Å². The van der Waals surface area contributed by atoms with Crippen LogP contribution in [0.5, 0.6) is 0 Å². The van der Waals surface area contributed by atoms with E-state index in [9.17, 15) is 9.59 Å². The van der Waals surface area contributed by atoms with E-state index in [1.54, 1.807) is 28.2 Å². The number of amides is 2. The number of nitrogens with zero attached hydrogens (tertiary/aromatic N) is 2. The van der Waals surface area contributed by atoms with Crippen molar-refractivity contribution in [2.75, 3.05) is 26.7 Å². The van der Waals surface area contributed by atoms with Crippen LogP contribution in [-0.4, -0.2) is 54.1 Å². The molecule has 124 valence electrons. The molecular formula is C18H18N2O3S. The van der Waals surface area contributed by atoms with Gasteiger partial charge in [-0.25, -0.2) is 4.79 Å². The maximum atomic E-state index is 12.7. The summed E-state index contributed by atoms with van der Waals surface area (Å²) in [6.07, 6.45) is 0.395. The minimum atomic E-state index is -0.530. The largest absolute Gasteiger partial charge is 0.439 e. The first kappa shape index (κ1) is 15.2. The zero-order valence-electron chi connectivity index (χ0n) is 13.4. The number of carbonyl (C=O) groups excluding carboxylic acids is 2. The third-order valence-corrected chi connectivity index (χ3v) is 5.41. The Morgan fingerprint density at radius 3 is 2.58 bits per heavy atom. The van der Waals surface area contributed by atoms with Gasteiger partial charge in [0, 0.05) is 25.6 Å². The smallest absolute Gasteiger partial charge is 0.410 e. The second kappa shape index (κ2) is 5.63. The van der Waals surface area contributed by atoms with E-state index in [0.29, 0.717) is 31.6 Å². The highest BCUT2D eigenvalue weighted by Crippen LogP contribution is 2.32. The Hall–Kier alpha value is -2.34. The second-order valence-electron chi connectivity index (χ2n) is 6.47. The minimum absolute atomic E-state index is 0.00524. The fourth-order valence-corrected chi connectivity index (χ4v) is 4.10. The first-order chi connectivity index (χ1) is 11.6. The summed E-state index contributed by atoms with van der Waals surface area (Å²) in [7, 11) is 1.73. The Morgan fingerprint density at radius 1 is 1.17 bits per heavy atom. The first-order valence-corrected chi connectivity index (χ1v) is 8.87. The normalized spacial score (nSPS) is 23.1. The van der Waals surface area contributed by atoms with Gasteiger partial charge in [0.05, 0.1) is 13.1 Å².